The summed E-state index contributed by atoms with van der Waals surface area (Å²) in [5.74, 6) is -0.0795. The number of nitrogens with zero attached hydrogens (tertiary/aromatic N) is 2. The molecule has 1 rings (SSSR count). The molecule has 1 N–H and O–H groups in total. The van der Waals surface area contributed by atoms with Crippen molar-refractivity contribution in [2.24, 2.45) is 0 Å². The number of thioether (sulfide) groups is 1. The molecule has 21 heavy (non-hydrogen) atoms. The highest BCUT2D eigenvalue weighted by molar-refractivity contribution is 8.00. The highest BCUT2D eigenvalue weighted by atomic mass is 32.2. The molecular formula is C13H20N2O4S2. The Hall–Kier alpha value is -1.15. The third-order valence-electron chi connectivity index (χ3n) is 2.88. The van der Waals surface area contributed by atoms with Gasteiger partial charge in [-0.3, -0.25) is 0 Å². The van der Waals surface area contributed by atoms with Crippen molar-refractivity contribution in [2.75, 3.05) is 17.3 Å². The third kappa shape index (κ3) is 4.96. The van der Waals surface area contributed by atoms with E-state index in [1.165, 1.54) is 0 Å². The second-order valence-electron chi connectivity index (χ2n) is 4.89. The summed E-state index contributed by atoms with van der Waals surface area (Å²) in [5.41, 5.74) is 0.459. The van der Waals surface area contributed by atoms with Crippen LogP contribution in [0.15, 0.2) is 5.03 Å². The molecule has 0 amide bonds. The summed E-state index contributed by atoms with van der Waals surface area (Å²) in [6.45, 7) is 7.06. The fourth-order valence-electron chi connectivity index (χ4n) is 1.59. The Kier molecular flexibility index (Phi) is 6.15. The zero-order valence-electron chi connectivity index (χ0n) is 12.6. The van der Waals surface area contributed by atoms with Gasteiger partial charge >= 0.3 is 5.97 Å². The fourth-order valence-corrected chi connectivity index (χ4v) is 3.95. The van der Waals surface area contributed by atoms with E-state index in [0.29, 0.717) is 16.5 Å². The minimum Gasteiger partial charge on any atom is -0.478 e. The summed E-state index contributed by atoms with van der Waals surface area (Å²) >= 11 is 1.15. The second kappa shape index (κ2) is 7.22. The van der Waals surface area contributed by atoms with Crippen molar-refractivity contribution in [3.05, 3.63) is 17.1 Å². The minimum absolute atomic E-state index is 0.00723. The Morgan fingerprint density at radius 3 is 2.43 bits per heavy atom. The average Bonchev–Trinajstić information content (AvgIpc) is 2.37. The zero-order valence-corrected chi connectivity index (χ0v) is 14.2. The number of aryl methyl sites for hydroxylation is 1. The summed E-state index contributed by atoms with van der Waals surface area (Å²) < 4.78 is 23.0. The average molecular weight is 332 g/mol. The van der Waals surface area contributed by atoms with Crippen molar-refractivity contribution in [3.63, 3.8) is 0 Å². The summed E-state index contributed by atoms with van der Waals surface area (Å²) in [6, 6.07) is 0. The van der Waals surface area contributed by atoms with Gasteiger partial charge in [0.2, 0.25) is 0 Å². The fraction of sp³-hybridized carbons (Fsp3) is 0.615. The Bertz CT molecular complexity index is 627. The number of carbonyl (C=O) groups is 1. The maximum absolute atomic E-state index is 11.5. The molecule has 0 spiro atoms. The number of carboxylic acids is 1. The lowest BCUT2D eigenvalue weighted by molar-refractivity contribution is 0.0690. The molecule has 0 aliphatic rings. The van der Waals surface area contributed by atoms with Crippen LogP contribution in [0.25, 0.3) is 0 Å². The van der Waals surface area contributed by atoms with Gasteiger partial charge < -0.3 is 5.11 Å². The van der Waals surface area contributed by atoms with Gasteiger partial charge in [0, 0.05) is 17.4 Å². The van der Waals surface area contributed by atoms with Crippen molar-refractivity contribution in [2.45, 2.75) is 38.6 Å². The predicted molar refractivity (Wildman–Crippen MR) is 82.9 cm³/mol. The molecule has 6 nitrogen and oxygen atoms in total. The Morgan fingerprint density at radius 2 is 1.95 bits per heavy atom. The van der Waals surface area contributed by atoms with E-state index in [1.54, 1.807) is 13.8 Å². The first-order valence-electron chi connectivity index (χ1n) is 6.63. The molecular weight excluding hydrogens is 312 g/mol. The van der Waals surface area contributed by atoms with E-state index in [1.807, 2.05) is 13.8 Å². The van der Waals surface area contributed by atoms with E-state index in [2.05, 4.69) is 9.97 Å². The molecule has 0 bridgehead atoms. The second-order valence-corrected chi connectivity index (χ2v) is 8.45. The van der Waals surface area contributed by atoms with Crippen LogP contribution in [0, 0.1) is 6.92 Å². The maximum atomic E-state index is 11.5. The molecule has 0 saturated carbocycles. The van der Waals surface area contributed by atoms with E-state index >= 15 is 0 Å². The van der Waals surface area contributed by atoms with Crippen LogP contribution in [0.4, 0.5) is 0 Å². The number of sulfone groups is 1. The van der Waals surface area contributed by atoms with Crippen LogP contribution >= 0.6 is 11.8 Å². The zero-order chi connectivity index (χ0) is 16.2. The Morgan fingerprint density at radius 1 is 1.33 bits per heavy atom. The number of hydrogen-bond donors (Lipinski definition) is 1. The van der Waals surface area contributed by atoms with Gasteiger partial charge in [0.25, 0.3) is 0 Å². The van der Waals surface area contributed by atoms with Crippen LogP contribution in [-0.4, -0.2) is 46.7 Å². The number of rotatable bonds is 7. The van der Waals surface area contributed by atoms with E-state index in [-0.39, 0.29) is 28.7 Å². The number of aromatic nitrogens is 2. The molecule has 0 aliphatic heterocycles. The highest BCUT2D eigenvalue weighted by Gasteiger charge is 2.20. The van der Waals surface area contributed by atoms with Crippen molar-refractivity contribution < 1.29 is 18.3 Å². The topological polar surface area (TPSA) is 97.2 Å². The number of aromatic carboxylic acids is 1. The van der Waals surface area contributed by atoms with Gasteiger partial charge in [-0.15, -0.1) is 11.8 Å². The maximum Gasteiger partial charge on any atom is 0.340 e. The predicted octanol–water partition coefficient (Wildman–Crippen LogP) is 2.13. The lowest BCUT2D eigenvalue weighted by atomic mass is 10.2. The molecule has 1 heterocycles. The summed E-state index contributed by atoms with van der Waals surface area (Å²) in [5, 5.41) is 9.61. The molecule has 0 aliphatic carbocycles. The molecule has 0 aromatic carbocycles. The first-order chi connectivity index (χ1) is 9.68. The van der Waals surface area contributed by atoms with Gasteiger partial charge in [0.05, 0.1) is 11.4 Å². The van der Waals surface area contributed by atoms with Crippen LogP contribution < -0.4 is 0 Å². The van der Waals surface area contributed by atoms with E-state index in [9.17, 15) is 18.3 Å². The van der Waals surface area contributed by atoms with Gasteiger partial charge in [-0.2, -0.15) is 0 Å². The van der Waals surface area contributed by atoms with Crippen LogP contribution in [0.3, 0.4) is 0 Å². The van der Waals surface area contributed by atoms with Gasteiger partial charge in [-0.1, -0.05) is 20.8 Å². The first kappa shape index (κ1) is 17.9. The summed E-state index contributed by atoms with van der Waals surface area (Å²) in [7, 11) is -3.07. The summed E-state index contributed by atoms with van der Waals surface area (Å²) in [6.07, 6.45) is 0. The van der Waals surface area contributed by atoms with Crippen molar-refractivity contribution in [1.82, 2.24) is 9.97 Å². The van der Waals surface area contributed by atoms with Crippen LogP contribution in [0.5, 0.6) is 0 Å². The molecule has 1 aromatic rings. The Balaban J connectivity index is 3.06. The minimum atomic E-state index is -3.07. The molecule has 0 unspecified atom stereocenters. The van der Waals surface area contributed by atoms with Crippen molar-refractivity contribution in [1.29, 1.82) is 0 Å². The van der Waals surface area contributed by atoms with Crippen LogP contribution in [0.2, 0.25) is 0 Å². The Labute approximate surface area is 129 Å². The first-order valence-corrected chi connectivity index (χ1v) is 9.43. The monoisotopic (exact) mass is 332 g/mol. The molecule has 8 heteroatoms. The third-order valence-corrected chi connectivity index (χ3v) is 5.82. The van der Waals surface area contributed by atoms with Gasteiger partial charge in [-0.05, 0) is 6.92 Å². The lowest BCUT2D eigenvalue weighted by Crippen LogP contribution is -2.13. The van der Waals surface area contributed by atoms with Crippen molar-refractivity contribution >= 4 is 27.6 Å². The van der Waals surface area contributed by atoms with Crippen LogP contribution in [-0.2, 0) is 9.84 Å². The van der Waals surface area contributed by atoms with E-state index in [0.717, 1.165) is 11.8 Å². The number of hydrogen-bond acceptors (Lipinski definition) is 6. The molecule has 1 aromatic heterocycles. The van der Waals surface area contributed by atoms with E-state index in [4.69, 9.17) is 0 Å². The van der Waals surface area contributed by atoms with Gasteiger partial charge in [0.1, 0.15) is 16.4 Å². The molecule has 0 saturated heterocycles. The smallest absolute Gasteiger partial charge is 0.340 e. The molecule has 0 fully saturated rings. The number of carboxylic acid groups (broad SMARTS) is 1. The normalized spacial score (nSPS) is 11.9. The van der Waals surface area contributed by atoms with Gasteiger partial charge in [0.15, 0.2) is 9.84 Å². The molecule has 0 radical (unpaired) electrons. The largest absolute Gasteiger partial charge is 0.478 e. The molecule has 0 atom stereocenters. The van der Waals surface area contributed by atoms with Crippen molar-refractivity contribution in [3.8, 4) is 0 Å². The summed E-state index contributed by atoms with van der Waals surface area (Å²) in [4.78, 5) is 19.8. The quantitative estimate of drug-likeness (QED) is 0.603. The van der Waals surface area contributed by atoms with Gasteiger partial charge in [-0.25, -0.2) is 23.2 Å². The molecule has 118 valence electrons. The standard InChI is InChI=1S/C13H20N2O4S2/c1-5-21(18,19)7-6-20-12-10(13(16)17)9(4)14-11(15-12)8(2)3/h8H,5-7H2,1-4H3,(H,16,17). The highest BCUT2D eigenvalue weighted by Crippen LogP contribution is 2.25. The van der Waals surface area contributed by atoms with Crippen LogP contribution in [0.1, 0.15) is 48.6 Å². The van der Waals surface area contributed by atoms with E-state index < -0.39 is 15.8 Å². The lowest BCUT2D eigenvalue weighted by Gasteiger charge is -2.11. The SMILES string of the molecule is CCS(=O)(=O)CCSc1nc(C(C)C)nc(C)c1C(=O)O.